The van der Waals surface area contributed by atoms with E-state index in [9.17, 15) is 0 Å². The average molecular weight is 194 g/mol. The van der Waals surface area contributed by atoms with Gasteiger partial charge >= 0.3 is 0 Å². The van der Waals surface area contributed by atoms with Crippen LogP contribution in [0.4, 0.5) is 5.69 Å². The Morgan fingerprint density at radius 1 is 1.57 bits per heavy atom. The molecule has 0 amide bonds. The minimum atomic E-state index is -0.0383. The van der Waals surface area contributed by atoms with Crippen LogP contribution in [-0.4, -0.2) is 32.9 Å². The Bertz CT molecular complexity index is 440. The van der Waals surface area contributed by atoms with Gasteiger partial charge in [0.1, 0.15) is 6.61 Å². The Hall–Kier alpha value is -1.82. The summed E-state index contributed by atoms with van der Waals surface area (Å²) in [5.41, 5.74) is 6.72. The highest BCUT2D eigenvalue weighted by Gasteiger charge is 2.02. The van der Waals surface area contributed by atoms with Crippen molar-refractivity contribution in [2.45, 2.75) is 0 Å². The Kier molecular flexibility index (Phi) is 2.19. The number of fused-ring (bicyclic) bond motifs is 1. The molecule has 0 aliphatic carbocycles. The van der Waals surface area contributed by atoms with Crippen molar-refractivity contribution in [3.63, 3.8) is 0 Å². The minimum Gasteiger partial charge on any atom is -0.474 e. The van der Waals surface area contributed by atoms with Crippen LogP contribution < -0.4 is 10.5 Å². The maximum absolute atomic E-state index is 8.55. The molecule has 0 spiro atoms. The first-order valence-electron chi connectivity index (χ1n) is 4.14. The summed E-state index contributed by atoms with van der Waals surface area (Å²) in [5, 5.41) is 12.6. The molecule has 6 nitrogen and oxygen atoms in total. The highest BCUT2D eigenvalue weighted by Crippen LogP contribution is 2.11. The van der Waals surface area contributed by atoms with Crippen LogP contribution in [0.15, 0.2) is 18.5 Å². The quantitative estimate of drug-likeness (QED) is 0.699. The number of rotatable bonds is 3. The molecule has 0 fully saturated rings. The monoisotopic (exact) mass is 194 g/mol. The molecule has 0 unspecified atom stereocenters. The third kappa shape index (κ3) is 1.60. The number of nitrogen functional groups attached to an aromatic ring is 1. The number of anilines is 1. The zero-order chi connectivity index (χ0) is 9.97. The highest BCUT2D eigenvalue weighted by molar-refractivity contribution is 5.45. The molecule has 2 aromatic heterocycles. The lowest BCUT2D eigenvalue weighted by atomic mass is 10.5. The molecular weight excluding hydrogens is 184 g/mol. The van der Waals surface area contributed by atoms with Crippen molar-refractivity contribution in [3.05, 3.63) is 18.5 Å². The van der Waals surface area contributed by atoms with Crippen molar-refractivity contribution < 1.29 is 9.84 Å². The zero-order valence-electron chi connectivity index (χ0n) is 7.42. The number of aromatic nitrogens is 3. The van der Waals surface area contributed by atoms with Crippen LogP contribution in [0.25, 0.3) is 5.65 Å². The summed E-state index contributed by atoms with van der Waals surface area (Å²) in [4.78, 5) is 4.04. The Balaban J connectivity index is 2.32. The Labute approximate surface area is 79.9 Å². The van der Waals surface area contributed by atoms with E-state index in [-0.39, 0.29) is 13.2 Å². The summed E-state index contributed by atoms with van der Waals surface area (Å²) < 4.78 is 6.65. The fourth-order valence-electron chi connectivity index (χ4n) is 1.09. The third-order valence-corrected chi connectivity index (χ3v) is 1.65. The van der Waals surface area contributed by atoms with Crippen molar-refractivity contribution in [2.75, 3.05) is 18.9 Å². The van der Waals surface area contributed by atoms with Crippen LogP contribution >= 0.6 is 0 Å². The fourth-order valence-corrected chi connectivity index (χ4v) is 1.09. The summed E-state index contributed by atoms with van der Waals surface area (Å²) in [6.07, 6.45) is 3.20. The van der Waals surface area contributed by atoms with Crippen LogP contribution in [0.2, 0.25) is 0 Å². The lowest BCUT2D eigenvalue weighted by Crippen LogP contribution is -2.02. The Morgan fingerprint density at radius 3 is 3.21 bits per heavy atom. The number of hydrogen-bond acceptors (Lipinski definition) is 5. The van der Waals surface area contributed by atoms with E-state index < -0.39 is 0 Å². The summed E-state index contributed by atoms with van der Waals surface area (Å²) in [5.74, 6) is 0.428. The van der Waals surface area contributed by atoms with Gasteiger partial charge in [-0.15, -0.1) is 5.10 Å². The van der Waals surface area contributed by atoms with Crippen LogP contribution in [0, 0.1) is 0 Å². The number of aliphatic hydroxyl groups excluding tert-OH is 1. The second kappa shape index (κ2) is 3.51. The van der Waals surface area contributed by atoms with Gasteiger partial charge in [0.2, 0.25) is 5.88 Å². The largest absolute Gasteiger partial charge is 0.474 e. The lowest BCUT2D eigenvalue weighted by Gasteiger charge is -1.96. The first-order chi connectivity index (χ1) is 6.79. The molecule has 2 heterocycles. The number of aliphatic hydroxyl groups is 1. The average Bonchev–Trinajstić information content (AvgIpc) is 2.56. The van der Waals surface area contributed by atoms with Gasteiger partial charge in [-0.1, -0.05) is 0 Å². The molecule has 2 rings (SSSR count). The van der Waals surface area contributed by atoms with Gasteiger partial charge in [0.15, 0.2) is 5.65 Å². The van der Waals surface area contributed by atoms with Crippen molar-refractivity contribution in [2.24, 2.45) is 0 Å². The highest BCUT2D eigenvalue weighted by atomic mass is 16.5. The van der Waals surface area contributed by atoms with E-state index in [0.29, 0.717) is 17.2 Å². The normalized spacial score (nSPS) is 10.6. The predicted molar refractivity (Wildman–Crippen MR) is 50.0 cm³/mol. The van der Waals surface area contributed by atoms with Crippen molar-refractivity contribution in [1.29, 1.82) is 0 Å². The van der Waals surface area contributed by atoms with Crippen LogP contribution in [-0.2, 0) is 0 Å². The van der Waals surface area contributed by atoms with Crippen molar-refractivity contribution >= 4 is 11.3 Å². The molecule has 0 saturated carbocycles. The summed E-state index contributed by atoms with van der Waals surface area (Å²) in [6.45, 7) is 0.183. The molecule has 0 aliphatic rings. The van der Waals surface area contributed by atoms with E-state index in [0.717, 1.165) is 0 Å². The maximum Gasteiger partial charge on any atom is 0.235 e. The minimum absolute atomic E-state index is 0.0383. The van der Waals surface area contributed by atoms with E-state index in [1.165, 1.54) is 4.52 Å². The molecule has 14 heavy (non-hydrogen) atoms. The third-order valence-electron chi connectivity index (χ3n) is 1.65. The van der Waals surface area contributed by atoms with Gasteiger partial charge in [-0.2, -0.15) is 0 Å². The molecule has 0 saturated heterocycles. The molecule has 74 valence electrons. The number of hydrogen-bond donors (Lipinski definition) is 2. The first kappa shape index (κ1) is 8.76. The molecule has 2 aromatic rings. The van der Waals surface area contributed by atoms with E-state index in [2.05, 4.69) is 10.1 Å². The van der Waals surface area contributed by atoms with Gasteiger partial charge in [-0.05, 0) is 0 Å². The SMILES string of the molecule is Nc1cnc2cc(OCCO)nn2c1. The zero-order valence-corrected chi connectivity index (χ0v) is 7.42. The topological polar surface area (TPSA) is 85.7 Å². The van der Waals surface area contributed by atoms with Gasteiger partial charge in [0.25, 0.3) is 0 Å². The van der Waals surface area contributed by atoms with Crippen LogP contribution in [0.1, 0.15) is 0 Å². The molecule has 0 aromatic carbocycles. The van der Waals surface area contributed by atoms with Gasteiger partial charge in [0, 0.05) is 6.07 Å². The number of nitrogens with zero attached hydrogens (tertiary/aromatic N) is 3. The standard InChI is InChI=1S/C8H10N4O2/c9-6-4-10-7-3-8(14-2-1-13)11-12(7)5-6/h3-5,13H,1-2,9H2. The van der Waals surface area contributed by atoms with Gasteiger partial charge in [-0.25, -0.2) is 9.50 Å². The fraction of sp³-hybridized carbons (Fsp3) is 0.250. The molecule has 0 radical (unpaired) electrons. The molecule has 0 bridgehead atoms. The number of ether oxygens (including phenoxy) is 1. The molecule has 3 N–H and O–H groups in total. The van der Waals surface area contributed by atoms with E-state index in [4.69, 9.17) is 15.6 Å². The summed E-state index contributed by atoms with van der Waals surface area (Å²) >= 11 is 0. The second-order valence-corrected chi connectivity index (χ2v) is 2.74. The first-order valence-corrected chi connectivity index (χ1v) is 4.14. The van der Waals surface area contributed by atoms with Gasteiger partial charge in [-0.3, -0.25) is 0 Å². The van der Waals surface area contributed by atoms with E-state index >= 15 is 0 Å². The van der Waals surface area contributed by atoms with Gasteiger partial charge in [0.05, 0.1) is 24.7 Å². The van der Waals surface area contributed by atoms with Gasteiger partial charge < -0.3 is 15.6 Å². The smallest absolute Gasteiger partial charge is 0.235 e. The molecule has 0 aliphatic heterocycles. The maximum atomic E-state index is 8.55. The Morgan fingerprint density at radius 2 is 2.43 bits per heavy atom. The van der Waals surface area contributed by atoms with Crippen molar-refractivity contribution in [3.8, 4) is 5.88 Å². The second-order valence-electron chi connectivity index (χ2n) is 2.74. The molecular formula is C8H10N4O2. The van der Waals surface area contributed by atoms with Crippen molar-refractivity contribution in [1.82, 2.24) is 14.6 Å². The van der Waals surface area contributed by atoms with Crippen LogP contribution in [0.3, 0.4) is 0 Å². The van der Waals surface area contributed by atoms with E-state index in [1.54, 1.807) is 18.5 Å². The summed E-state index contributed by atoms with van der Waals surface area (Å²) in [7, 11) is 0. The predicted octanol–water partition coefficient (Wildman–Crippen LogP) is -0.317. The van der Waals surface area contributed by atoms with Crippen LogP contribution in [0.5, 0.6) is 5.88 Å². The molecule has 0 atom stereocenters. The molecule has 6 heteroatoms. The lowest BCUT2D eigenvalue weighted by molar-refractivity contribution is 0.196. The summed E-state index contributed by atoms with van der Waals surface area (Å²) in [6, 6.07) is 1.68. The van der Waals surface area contributed by atoms with E-state index in [1.807, 2.05) is 0 Å². The number of nitrogens with two attached hydrogens (primary N) is 1.